The van der Waals surface area contributed by atoms with E-state index in [9.17, 15) is 10.1 Å². The van der Waals surface area contributed by atoms with Crippen LogP contribution in [-0.2, 0) is 6.54 Å². The Bertz CT molecular complexity index is 1090. The summed E-state index contributed by atoms with van der Waals surface area (Å²) in [6.07, 6.45) is 3.93. The van der Waals surface area contributed by atoms with Crippen LogP contribution in [0, 0.1) is 24.0 Å². The normalized spacial score (nSPS) is 11.0. The first kappa shape index (κ1) is 16.7. The highest BCUT2D eigenvalue weighted by Gasteiger charge is 2.23. The van der Waals surface area contributed by atoms with Gasteiger partial charge in [0.15, 0.2) is 0 Å². The molecule has 0 aliphatic carbocycles. The van der Waals surface area contributed by atoms with Gasteiger partial charge in [-0.1, -0.05) is 5.16 Å². The van der Waals surface area contributed by atoms with Gasteiger partial charge in [-0.15, -0.1) is 0 Å². The van der Waals surface area contributed by atoms with Crippen LogP contribution >= 0.6 is 0 Å². The molecule has 0 N–H and O–H groups in total. The van der Waals surface area contributed by atoms with Crippen LogP contribution in [0.1, 0.15) is 17.3 Å². The molecule has 0 bridgehead atoms. The highest BCUT2D eigenvalue weighted by atomic mass is 16.6. The third-order valence-corrected chi connectivity index (χ3v) is 4.31. The SMILES string of the molecule is Cc1nn(Cc2nc(-c3ccc(-n4cccc4)cc3)no2)c(C)c1[N+](=O)[O-]. The van der Waals surface area contributed by atoms with Crippen molar-refractivity contribution in [1.82, 2.24) is 24.5 Å². The summed E-state index contributed by atoms with van der Waals surface area (Å²) in [6, 6.07) is 11.7. The molecule has 1 aromatic carbocycles. The average molecular weight is 364 g/mol. The van der Waals surface area contributed by atoms with Gasteiger partial charge in [0.2, 0.25) is 11.7 Å². The fourth-order valence-electron chi connectivity index (χ4n) is 2.96. The smallest absolute Gasteiger partial charge is 0.312 e. The zero-order chi connectivity index (χ0) is 19.0. The summed E-state index contributed by atoms with van der Waals surface area (Å²) >= 11 is 0. The van der Waals surface area contributed by atoms with Crippen molar-refractivity contribution in [2.75, 3.05) is 0 Å². The van der Waals surface area contributed by atoms with E-state index < -0.39 is 4.92 Å². The van der Waals surface area contributed by atoms with Crippen LogP contribution in [0.25, 0.3) is 17.1 Å². The molecule has 0 aliphatic heterocycles. The van der Waals surface area contributed by atoms with E-state index in [0.717, 1.165) is 11.3 Å². The van der Waals surface area contributed by atoms with Crippen molar-refractivity contribution in [3.05, 3.63) is 76.2 Å². The molecule has 0 fully saturated rings. The summed E-state index contributed by atoms with van der Waals surface area (Å²) in [5.41, 5.74) is 2.67. The molecule has 136 valence electrons. The van der Waals surface area contributed by atoms with Gasteiger partial charge < -0.3 is 9.09 Å². The number of rotatable bonds is 5. The van der Waals surface area contributed by atoms with E-state index in [4.69, 9.17) is 4.52 Å². The fraction of sp³-hybridized carbons (Fsp3) is 0.167. The van der Waals surface area contributed by atoms with Crippen LogP contribution in [0.5, 0.6) is 0 Å². The standard InChI is InChI=1S/C18H16N6O3/c1-12-17(24(25)26)13(2)23(20-12)11-16-19-18(21-27-16)14-5-7-15(8-6-14)22-9-3-4-10-22/h3-10H,11H2,1-2H3. The maximum absolute atomic E-state index is 11.1. The third-order valence-electron chi connectivity index (χ3n) is 4.31. The lowest BCUT2D eigenvalue weighted by Gasteiger charge is -2.02. The van der Waals surface area contributed by atoms with E-state index in [1.54, 1.807) is 13.8 Å². The van der Waals surface area contributed by atoms with Crippen molar-refractivity contribution in [2.24, 2.45) is 0 Å². The Kier molecular flexibility index (Phi) is 4.03. The summed E-state index contributed by atoms with van der Waals surface area (Å²) in [5, 5.41) is 19.3. The number of hydrogen-bond acceptors (Lipinski definition) is 6. The number of nitrogens with zero attached hydrogens (tertiary/aromatic N) is 6. The van der Waals surface area contributed by atoms with Gasteiger partial charge in [-0.2, -0.15) is 10.1 Å². The molecule has 3 aromatic heterocycles. The van der Waals surface area contributed by atoms with Crippen LogP contribution in [0.2, 0.25) is 0 Å². The predicted molar refractivity (Wildman–Crippen MR) is 96.5 cm³/mol. The predicted octanol–water partition coefficient (Wildman–Crippen LogP) is 3.30. The molecule has 0 saturated carbocycles. The quantitative estimate of drug-likeness (QED) is 0.397. The molecular weight excluding hydrogens is 348 g/mol. The molecule has 0 amide bonds. The van der Waals surface area contributed by atoms with E-state index in [2.05, 4.69) is 15.2 Å². The molecule has 0 saturated heterocycles. The minimum atomic E-state index is -0.431. The zero-order valence-corrected chi connectivity index (χ0v) is 14.7. The van der Waals surface area contributed by atoms with E-state index in [0.29, 0.717) is 23.1 Å². The summed E-state index contributed by atoms with van der Waals surface area (Å²) in [6.45, 7) is 3.43. The van der Waals surface area contributed by atoms with Crippen LogP contribution in [0.4, 0.5) is 5.69 Å². The Morgan fingerprint density at radius 3 is 2.48 bits per heavy atom. The van der Waals surface area contributed by atoms with Crippen LogP contribution in [-0.4, -0.2) is 29.4 Å². The monoisotopic (exact) mass is 364 g/mol. The lowest BCUT2D eigenvalue weighted by Crippen LogP contribution is -2.04. The van der Waals surface area contributed by atoms with Gasteiger partial charge in [0.05, 0.1) is 4.92 Å². The summed E-state index contributed by atoms with van der Waals surface area (Å²) in [5.74, 6) is 0.792. The zero-order valence-electron chi connectivity index (χ0n) is 14.7. The molecule has 9 heteroatoms. The second kappa shape index (κ2) is 6.52. The van der Waals surface area contributed by atoms with Crippen molar-refractivity contribution in [2.45, 2.75) is 20.4 Å². The van der Waals surface area contributed by atoms with Crippen molar-refractivity contribution < 1.29 is 9.45 Å². The Labute approximate surface area is 154 Å². The van der Waals surface area contributed by atoms with Crippen molar-refractivity contribution in [3.63, 3.8) is 0 Å². The summed E-state index contributed by atoms with van der Waals surface area (Å²) in [4.78, 5) is 15.1. The molecule has 4 aromatic rings. The first-order valence-electron chi connectivity index (χ1n) is 8.27. The van der Waals surface area contributed by atoms with E-state index >= 15 is 0 Å². The van der Waals surface area contributed by atoms with Gasteiger partial charge in [-0.05, 0) is 50.2 Å². The topological polar surface area (TPSA) is 105 Å². The Morgan fingerprint density at radius 1 is 1.15 bits per heavy atom. The lowest BCUT2D eigenvalue weighted by atomic mass is 10.2. The third kappa shape index (κ3) is 3.10. The Balaban J connectivity index is 1.56. The number of aromatic nitrogens is 5. The van der Waals surface area contributed by atoms with Crippen molar-refractivity contribution in [1.29, 1.82) is 0 Å². The van der Waals surface area contributed by atoms with E-state index in [-0.39, 0.29) is 12.2 Å². The second-order valence-corrected chi connectivity index (χ2v) is 6.08. The van der Waals surface area contributed by atoms with E-state index in [1.165, 1.54) is 4.68 Å². The number of aryl methyl sites for hydroxylation is 1. The molecular formula is C18H16N6O3. The fourth-order valence-corrected chi connectivity index (χ4v) is 2.96. The van der Waals surface area contributed by atoms with Gasteiger partial charge in [0.25, 0.3) is 0 Å². The van der Waals surface area contributed by atoms with Crippen LogP contribution in [0.3, 0.4) is 0 Å². The molecule has 27 heavy (non-hydrogen) atoms. The maximum atomic E-state index is 11.1. The molecule has 0 atom stereocenters. The summed E-state index contributed by atoms with van der Waals surface area (Å²) in [7, 11) is 0. The van der Waals surface area contributed by atoms with Gasteiger partial charge in [0, 0.05) is 23.6 Å². The molecule has 9 nitrogen and oxygen atoms in total. The average Bonchev–Trinajstić information content (AvgIpc) is 3.37. The first-order chi connectivity index (χ1) is 13.0. The highest BCUT2D eigenvalue weighted by molar-refractivity contribution is 5.56. The highest BCUT2D eigenvalue weighted by Crippen LogP contribution is 2.23. The Morgan fingerprint density at radius 2 is 1.85 bits per heavy atom. The molecule has 0 unspecified atom stereocenters. The maximum Gasteiger partial charge on any atom is 0.312 e. The minimum Gasteiger partial charge on any atom is -0.337 e. The van der Waals surface area contributed by atoms with Gasteiger partial charge in [-0.3, -0.25) is 14.8 Å². The van der Waals surface area contributed by atoms with Crippen molar-refractivity contribution in [3.8, 4) is 17.1 Å². The largest absolute Gasteiger partial charge is 0.337 e. The van der Waals surface area contributed by atoms with Crippen LogP contribution < -0.4 is 0 Å². The van der Waals surface area contributed by atoms with Gasteiger partial charge in [-0.25, -0.2) is 0 Å². The Hall–Kier alpha value is -3.75. The van der Waals surface area contributed by atoms with Gasteiger partial charge in [0.1, 0.15) is 17.9 Å². The molecule has 4 rings (SSSR count). The minimum absolute atomic E-state index is 0.00957. The molecule has 0 spiro atoms. The first-order valence-corrected chi connectivity index (χ1v) is 8.27. The number of nitro groups is 1. The van der Waals surface area contributed by atoms with Crippen molar-refractivity contribution >= 4 is 5.69 Å². The molecule has 0 radical (unpaired) electrons. The lowest BCUT2D eigenvalue weighted by molar-refractivity contribution is -0.386. The van der Waals surface area contributed by atoms with Gasteiger partial charge >= 0.3 is 5.69 Å². The summed E-state index contributed by atoms with van der Waals surface area (Å²) < 4.78 is 8.79. The second-order valence-electron chi connectivity index (χ2n) is 6.08. The number of benzene rings is 1. The molecule has 3 heterocycles. The number of hydrogen-bond donors (Lipinski definition) is 0. The van der Waals surface area contributed by atoms with Crippen LogP contribution in [0.15, 0.2) is 53.3 Å². The molecule has 0 aliphatic rings. The van der Waals surface area contributed by atoms with E-state index in [1.807, 2.05) is 53.4 Å².